The van der Waals surface area contributed by atoms with Crippen LogP contribution in [0.2, 0.25) is 0 Å². The van der Waals surface area contributed by atoms with E-state index in [9.17, 15) is 29.6 Å². The number of benzene rings is 2. The number of anilines is 1. The topological polar surface area (TPSA) is 139 Å². The van der Waals surface area contributed by atoms with Gasteiger partial charge in [0.15, 0.2) is 5.75 Å². The molecule has 0 unspecified atom stereocenters. The molecule has 3 rings (SSSR count). The van der Waals surface area contributed by atoms with E-state index in [4.69, 9.17) is 4.74 Å². The molecule has 1 heterocycles. The molecular formula is C19H15N3O7. The number of nitro groups is 1. The molecule has 1 saturated heterocycles. The van der Waals surface area contributed by atoms with Crippen molar-refractivity contribution in [3.8, 4) is 11.5 Å². The summed E-state index contributed by atoms with van der Waals surface area (Å²) in [7, 11) is 0. The molecule has 1 fully saturated rings. The zero-order valence-electron chi connectivity index (χ0n) is 15.1. The number of hydrogen-bond acceptors (Lipinski definition) is 7. The lowest BCUT2D eigenvalue weighted by Gasteiger charge is -2.26. The molecule has 0 aliphatic carbocycles. The highest BCUT2D eigenvalue weighted by molar-refractivity contribution is 6.39. The van der Waals surface area contributed by atoms with E-state index in [0.29, 0.717) is 0 Å². The number of imide groups is 2. The molecule has 0 atom stereocenters. The summed E-state index contributed by atoms with van der Waals surface area (Å²) in [4.78, 5) is 48.4. The van der Waals surface area contributed by atoms with Gasteiger partial charge in [0, 0.05) is 6.07 Å². The fourth-order valence-corrected chi connectivity index (χ4v) is 2.74. The van der Waals surface area contributed by atoms with Crippen molar-refractivity contribution in [2.75, 3.05) is 11.5 Å². The smallest absolute Gasteiger partial charge is 0.335 e. The minimum Gasteiger partial charge on any atom is -0.500 e. The molecule has 2 aromatic rings. The van der Waals surface area contributed by atoms with E-state index in [0.717, 1.165) is 17.0 Å². The van der Waals surface area contributed by atoms with Gasteiger partial charge in [0.25, 0.3) is 11.8 Å². The molecule has 0 spiro atoms. The second-order valence-electron chi connectivity index (χ2n) is 5.87. The summed E-state index contributed by atoms with van der Waals surface area (Å²) in [6.45, 7) is 1.75. The van der Waals surface area contributed by atoms with Gasteiger partial charge < -0.3 is 9.84 Å². The number of rotatable bonds is 5. The van der Waals surface area contributed by atoms with Gasteiger partial charge in [-0.05, 0) is 36.8 Å². The largest absolute Gasteiger partial charge is 0.500 e. The number of urea groups is 1. The van der Waals surface area contributed by atoms with Gasteiger partial charge in [-0.3, -0.25) is 25.0 Å². The zero-order chi connectivity index (χ0) is 21.1. The van der Waals surface area contributed by atoms with E-state index in [1.54, 1.807) is 25.1 Å². The quantitative estimate of drug-likeness (QED) is 0.342. The van der Waals surface area contributed by atoms with Gasteiger partial charge in [0.05, 0.1) is 17.2 Å². The normalized spacial score (nSPS) is 15.4. The summed E-state index contributed by atoms with van der Waals surface area (Å²) in [5.41, 5.74) is -0.739. The number of barbiturate groups is 1. The molecule has 10 nitrogen and oxygen atoms in total. The summed E-state index contributed by atoms with van der Waals surface area (Å²) in [6.07, 6.45) is 1.09. The van der Waals surface area contributed by atoms with E-state index in [2.05, 4.69) is 5.32 Å². The Hall–Kier alpha value is -4.21. The predicted octanol–water partition coefficient (Wildman–Crippen LogP) is 2.37. The molecule has 0 saturated carbocycles. The predicted molar refractivity (Wildman–Crippen MR) is 101 cm³/mol. The van der Waals surface area contributed by atoms with Gasteiger partial charge in [-0.15, -0.1) is 0 Å². The summed E-state index contributed by atoms with van der Waals surface area (Å²) in [5.74, 6) is -2.67. The Morgan fingerprint density at radius 1 is 1.21 bits per heavy atom. The lowest BCUT2D eigenvalue weighted by atomic mass is 10.1. The van der Waals surface area contributed by atoms with Gasteiger partial charge in [-0.1, -0.05) is 18.2 Å². The van der Waals surface area contributed by atoms with Gasteiger partial charge in [-0.25, -0.2) is 9.69 Å². The Morgan fingerprint density at radius 3 is 2.52 bits per heavy atom. The summed E-state index contributed by atoms with van der Waals surface area (Å²) in [5, 5.41) is 23.2. The molecular weight excluding hydrogens is 382 g/mol. The van der Waals surface area contributed by atoms with Crippen molar-refractivity contribution in [2.24, 2.45) is 0 Å². The first kappa shape index (κ1) is 19.5. The highest BCUT2D eigenvalue weighted by atomic mass is 16.6. The van der Waals surface area contributed by atoms with E-state index < -0.39 is 39.8 Å². The molecule has 1 aliphatic heterocycles. The molecule has 0 aromatic heterocycles. The number of ether oxygens (including phenoxy) is 1. The van der Waals surface area contributed by atoms with Gasteiger partial charge in [0.2, 0.25) is 5.75 Å². The van der Waals surface area contributed by atoms with Crippen molar-refractivity contribution in [2.45, 2.75) is 6.92 Å². The standard InChI is InChI=1S/C19H15N3O7/c1-2-29-15-10-11(9-14(16(15)23)22(27)28)8-13-17(24)20-19(26)21(18(13)25)12-6-4-3-5-7-12/h3-10,23H,2H2,1H3,(H,20,24,26). The van der Waals surface area contributed by atoms with Crippen LogP contribution in [0.5, 0.6) is 11.5 Å². The number of carbonyl (C=O) groups excluding carboxylic acids is 3. The van der Waals surface area contributed by atoms with Crippen LogP contribution in [0.3, 0.4) is 0 Å². The molecule has 148 valence electrons. The Morgan fingerprint density at radius 2 is 1.90 bits per heavy atom. The Balaban J connectivity index is 2.09. The molecule has 2 N–H and O–H groups in total. The maximum Gasteiger partial charge on any atom is 0.335 e. The maximum absolute atomic E-state index is 12.8. The average Bonchev–Trinajstić information content (AvgIpc) is 2.68. The van der Waals surface area contributed by atoms with Crippen LogP contribution in [-0.2, 0) is 9.59 Å². The summed E-state index contributed by atoms with van der Waals surface area (Å²) >= 11 is 0. The van der Waals surface area contributed by atoms with Crippen LogP contribution < -0.4 is 15.0 Å². The first-order chi connectivity index (χ1) is 13.8. The van der Waals surface area contributed by atoms with Gasteiger partial charge in [0.1, 0.15) is 5.57 Å². The Bertz CT molecular complexity index is 1050. The number of nitrogens with zero attached hydrogens (tertiary/aromatic N) is 2. The highest BCUT2D eigenvalue weighted by Crippen LogP contribution is 2.38. The zero-order valence-corrected chi connectivity index (χ0v) is 15.1. The summed E-state index contributed by atoms with van der Waals surface area (Å²) in [6, 6.07) is 9.31. The van der Waals surface area contributed by atoms with Crippen LogP contribution in [-0.4, -0.2) is 34.5 Å². The van der Waals surface area contributed by atoms with Gasteiger partial charge in [-0.2, -0.15) is 0 Å². The number of carbonyl (C=O) groups is 3. The van der Waals surface area contributed by atoms with Crippen molar-refractivity contribution in [1.29, 1.82) is 0 Å². The van der Waals surface area contributed by atoms with Crippen molar-refractivity contribution >= 4 is 35.3 Å². The lowest BCUT2D eigenvalue weighted by Crippen LogP contribution is -2.54. The third kappa shape index (κ3) is 3.76. The number of amides is 4. The average molecular weight is 397 g/mol. The van der Waals surface area contributed by atoms with Crippen molar-refractivity contribution in [1.82, 2.24) is 5.32 Å². The maximum atomic E-state index is 12.8. The third-order valence-corrected chi connectivity index (χ3v) is 4.00. The Labute approximate surface area is 164 Å². The van der Waals surface area contributed by atoms with E-state index in [-0.39, 0.29) is 23.6 Å². The first-order valence-electron chi connectivity index (χ1n) is 8.44. The van der Waals surface area contributed by atoms with E-state index in [1.807, 2.05) is 0 Å². The number of phenolic OH excluding ortho intramolecular Hbond substituents is 1. The molecule has 4 amide bonds. The van der Waals surface area contributed by atoms with Crippen LogP contribution in [0.15, 0.2) is 48.0 Å². The Kier molecular flexibility index (Phi) is 5.26. The number of nitro benzene ring substituents is 1. The van der Waals surface area contributed by atoms with Crippen LogP contribution >= 0.6 is 0 Å². The minimum absolute atomic E-state index is 0.0683. The number of para-hydroxylation sites is 1. The van der Waals surface area contributed by atoms with Crippen LogP contribution in [0.25, 0.3) is 6.08 Å². The number of aromatic hydroxyl groups is 1. The number of nitrogens with one attached hydrogen (secondary N) is 1. The SMILES string of the molecule is CCOc1cc(C=C2C(=O)NC(=O)N(c3ccccc3)C2=O)cc([N+](=O)[O-])c1O. The molecule has 0 radical (unpaired) electrons. The second-order valence-corrected chi connectivity index (χ2v) is 5.87. The van der Waals surface area contributed by atoms with Crippen LogP contribution in [0.4, 0.5) is 16.2 Å². The monoisotopic (exact) mass is 397 g/mol. The minimum atomic E-state index is -0.944. The van der Waals surface area contributed by atoms with Crippen LogP contribution in [0, 0.1) is 10.1 Å². The molecule has 10 heteroatoms. The van der Waals surface area contributed by atoms with E-state index in [1.165, 1.54) is 18.2 Å². The van der Waals surface area contributed by atoms with Crippen molar-refractivity contribution < 1.29 is 29.2 Å². The fourth-order valence-electron chi connectivity index (χ4n) is 2.74. The fraction of sp³-hybridized carbons (Fsp3) is 0.105. The van der Waals surface area contributed by atoms with Crippen molar-refractivity contribution in [3.05, 3.63) is 63.7 Å². The third-order valence-electron chi connectivity index (χ3n) is 4.00. The van der Waals surface area contributed by atoms with Crippen LogP contribution in [0.1, 0.15) is 12.5 Å². The highest BCUT2D eigenvalue weighted by Gasteiger charge is 2.37. The summed E-state index contributed by atoms with van der Waals surface area (Å²) < 4.78 is 5.18. The second kappa shape index (κ2) is 7.80. The molecule has 29 heavy (non-hydrogen) atoms. The molecule has 0 bridgehead atoms. The van der Waals surface area contributed by atoms with Gasteiger partial charge >= 0.3 is 11.7 Å². The lowest BCUT2D eigenvalue weighted by molar-refractivity contribution is -0.386. The number of hydrogen-bond donors (Lipinski definition) is 2. The first-order valence-corrected chi connectivity index (χ1v) is 8.44. The van der Waals surface area contributed by atoms with Crippen molar-refractivity contribution in [3.63, 3.8) is 0 Å². The van der Waals surface area contributed by atoms with E-state index >= 15 is 0 Å². The molecule has 1 aliphatic rings. The molecule has 2 aromatic carbocycles. The number of phenols is 1.